The Bertz CT molecular complexity index is 539. The fourth-order valence-corrected chi connectivity index (χ4v) is 2.79. The minimum absolute atomic E-state index is 0.0259. The van der Waals surface area contributed by atoms with Crippen LogP contribution in [0.4, 0.5) is 8.78 Å². The highest BCUT2D eigenvalue weighted by molar-refractivity contribution is 9.10. The van der Waals surface area contributed by atoms with Gasteiger partial charge in [0.05, 0.1) is 10.0 Å². The SMILES string of the molecule is CNCc1cc(-c2c(F)ccc(Br)c2F)cs1. The summed E-state index contributed by atoms with van der Waals surface area (Å²) in [5.41, 5.74) is 0.606. The third-order valence-electron chi connectivity index (χ3n) is 2.34. The average Bonchev–Trinajstić information content (AvgIpc) is 2.73. The van der Waals surface area contributed by atoms with Crippen LogP contribution < -0.4 is 5.32 Å². The molecule has 0 atom stereocenters. The summed E-state index contributed by atoms with van der Waals surface area (Å²) in [6.45, 7) is 0.696. The van der Waals surface area contributed by atoms with Crippen LogP contribution in [0.5, 0.6) is 0 Å². The van der Waals surface area contributed by atoms with Gasteiger partial charge < -0.3 is 5.32 Å². The van der Waals surface area contributed by atoms with Crippen molar-refractivity contribution in [2.24, 2.45) is 0 Å². The van der Waals surface area contributed by atoms with Gasteiger partial charge in [-0.3, -0.25) is 0 Å². The molecule has 0 aliphatic heterocycles. The van der Waals surface area contributed by atoms with Crippen LogP contribution in [-0.2, 0) is 6.54 Å². The second kappa shape index (κ2) is 5.25. The minimum Gasteiger partial charge on any atom is -0.315 e. The fourth-order valence-electron chi connectivity index (χ4n) is 1.57. The molecular weight excluding hydrogens is 308 g/mol. The molecule has 0 aliphatic rings. The third kappa shape index (κ3) is 2.56. The van der Waals surface area contributed by atoms with Crippen LogP contribution in [0.2, 0.25) is 0 Å². The first-order valence-corrected chi connectivity index (χ1v) is 6.66. The minimum atomic E-state index is -0.557. The summed E-state index contributed by atoms with van der Waals surface area (Å²) in [7, 11) is 1.83. The summed E-state index contributed by atoms with van der Waals surface area (Å²) in [6.07, 6.45) is 0. The van der Waals surface area contributed by atoms with Crippen LogP contribution in [0.1, 0.15) is 4.88 Å². The van der Waals surface area contributed by atoms with E-state index in [1.807, 2.05) is 7.05 Å². The molecule has 0 radical (unpaired) electrons. The van der Waals surface area contributed by atoms with E-state index in [-0.39, 0.29) is 10.0 Å². The van der Waals surface area contributed by atoms with Crippen molar-refractivity contribution in [3.8, 4) is 11.1 Å². The standard InChI is InChI=1S/C12H10BrF2NS/c1-16-5-8-4-7(6-17-8)11-10(14)3-2-9(13)12(11)15/h2-4,6,16H,5H2,1H3. The monoisotopic (exact) mass is 317 g/mol. The first kappa shape index (κ1) is 12.7. The summed E-state index contributed by atoms with van der Waals surface area (Å²) < 4.78 is 27.8. The van der Waals surface area contributed by atoms with Crippen LogP contribution >= 0.6 is 27.3 Å². The van der Waals surface area contributed by atoms with Gasteiger partial charge in [-0.05, 0) is 52.1 Å². The van der Waals surface area contributed by atoms with Gasteiger partial charge in [-0.1, -0.05) is 0 Å². The largest absolute Gasteiger partial charge is 0.315 e. The van der Waals surface area contributed by atoms with Crippen molar-refractivity contribution in [2.45, 2.75) is 6.54 Å². The Hall–Kier alpha value is -0.780. The van der Waals surface area contributed by atoms with E-state index in [1.165, 1.54) is 23.5 Å². The lowest BCUT2D eigenvalue weighted by Crippen LogP contribution is -2.02. The molecule has 1 N–H and O–H groups in total. The molecule has 0 saturated heterocycles. The molecule has 0 amide bonds. The molecule has 0 unspecified atom stereocenters. The summed E-state index contributed by atoms with van der Waals surface area (Å²) in [5.74, 6) is -1.10. The van der Waals surface area contributed by atoms with Crippen molar-refractivity contribution in [3.63, 3.8) is 0 Å². The molecule has 0 aliphatic carbocycles. The third-order valence-corrected chi connectivity index (χ3v) is 3.89. The van der Waals surface area contributed by atoms with Crippen molar-refractivity contribution in [1.82, 2.24) is 5.32 Å². The van der Waals surface area contributed by atoms with E-state index in [2.05, 4.69) is 21.2 Å². The highest BCUT2D eigenvalue weighted by atomic mass is 79.9. The molecule has 1 heterocycles. The van der Waals surface area contributed by atoms with E-state index in [0.717, 1.165) is 4.88 Å². The predicted octanol–water partition coefficient (Wildman–Crippen LogP) is 4.18. The first-order chi connectivity index (χ1) is 8.13. The molecular formula is C12H10BrF2NS. The van der Waals surface area contributed by atoms with E-state index < -0.39 is 11.6 Å². The van der Waals surface area contributed by atoms with Crippen LogP contribution in [-0.4, -0.2) is 7.05 Å². The van der Waals surface area contributed by atoms with Gasteiger partial charge in [0, 0.05) is 11.4 Å². The molecule has 2 aromatic rings. The van der Waals surface area contributed by atoms with Crippen molar-refractivity contribution >= 4 is 27.3 Å². The van der Waals surface area contributed by atoms with Gasteiger partial charge in [0.2, 0.25) is 0 Å². The molecule has 1 aromatic heterocycles. The van der Waals surface area contributed by atoms with Crippen LogP contribution in [0.25, 0.3) is 11.1 Å². The van der Waals surface area contributed by atoms with Gasteiger partial charge in [-0.2, -0.15) is 0 Å². The molecule has 2 rings (SSSR count). The lowest BCUT2D eigenvalue weighted by molar-refractivity contribution is 0.585. The predicted molar refractivity (Wildman–Crippen MR) is 70.1 cm³/mol. The molecule has 90 valence electrons. The number of hydrogen-bond donors (Lipinski definition) is 1. The van der Waals surface area contributed by atoms with Gasteiger partial charge in [-0.25, -0.2) is 8.78 Å². The Morgan fingerprint density at radius 2 is 2.12 bits per heavy atom. The maximum absolute atomic E-state index is 13.8. The van der Waals surface area contributed by atoms with Crippen molar-refractivity contribution in [3.05, 3.63) is 44.6 Å². The van der Waals surface area contributed by atoms with Crippen LogP contribution in [0.15, 0.2) is 28.1 Å². The molecule has 1 aromatic carbocycles. The zero-order chi connectivity index (χ0) is 12.4. The van der Waals surface area contributed by atoms with Gasteiger partial charge in [0.25, 0.3) is 0 Å². The topological polar surface area (TPSA) is 12.0 Å². The number of benzene rings is 1. The van der Waals surface area contributed by atoms with Gasteiger partial charge in [0.15, 0.2) is 0 Å². The zero-order valence-electron chi connectivity index (χ0n) is 9.06. The van der Waals surface area contributed by atoms with Gasteiger partial charge in [-0.15, -0.1) is 11.3 Å². The van der Waals surface area contributed by atoms with Crippen LogP contribution in [0, 0.1) is 11.6 Å². The van der Waals surface area contributed by atoms with E-state index in [0.29, 0.717) is 12.1 Å². The van der Waals surface area contributed by atoms with E-state index in [4.69, 9.17) is 0 Å². The highest BCUT2D eigenvalue weighted by Crippen LogP contribution is 2.33. The van der Waals surface area contributed by atoms with Crippen molar-refractivity contribution in [2.75, 3.05) is 7.05 Å². The molecule has 17 heavy (non-hydrogen) atoms. The summed E-state index contributed by atoms with van der Waals surface area (Å²) in [5, 5.41) is 4.77. The lowest BCUT2D eigenvalue weighted by atomic mass is 10.1. The molecule has 0 fully saturated rings. The molecule has 1 nitrogen and oxygen atoms in total. The number of rotatable bonds is 3. The Morgan fingerprint density at radius 3 is 2.82 bits per heavy atom. The number of halogens is 3. The summed E-state index contributed by atoms with van der Waals surface area (Å²) in [4.78, 5) is 1.04. The average molecular weight is 318 g/mol. The smallest absolute Gasteiger partial charge is 0.148 e. The van der Waals surface area contributed by atoms with Crippen LogP contribution in [0.3, 0.4) is 0 Å². The Labute approximate surface area is 111 Å². The molecule has 0 spiro atoms. The quantitative estimate of drug-likeness (QED) is 0.838. The Kier molecular flexibility index (Phi) is 3.91. The van der Waals surface area contributed by atoms with Crippen molar-refractivity contribution in [1.29, 1.82) is 0 Å². The Balaban J connectivity index is 2.48. The fraction of sp³-hybridized carbons (Fsp3) is 0.167. The van der Waals surface area contributed by atoms with Gasteiger partial charge in [0.1, 0.15) is 11.6 Å². The number of hydrogen-bond acceptors (Lipinski definition) is 2. The zero-order valence-corrected chi connectivity index (χ0v) is 11.5. The van der Waals surface area contributed by atoms with Gasteiger partial charge >= 0.3 is 0 Å². The maximum Gasteiger partial charge on any atom is 0.148 e. The lowest BCUT2D eigenvalue weighted by Gasteiger charge is -2.04. The molecule has 0 saturated carbocycles. The Morgan fingerprint density at radius 1 is 1.35 bits per heavy atom. The van der Waals surface area contributed by atoms with E-state index in [1.54, 1.807) is 11.4 Å². The highest BCUT2D eigenvalue weighted by Gasteiger charge is 2.15. The maximum atomic E-state index is 13.8. The second-order valence-corrected chi connectivity index (χ2v) is 5.40. The van der Waals surface area contributed by atoms with E-state index >= 15 is 0 Å². The summed E-state index contributed by atoms with van der Waals surface area (Å²) >= 11 is 4.55. The number of thiophene rings is 1. The van der Waals surface area contributed by atoms with Crippen molar-refractivity contribution < 1.29 is 8.78 Å². The van der Waals surface area contributed by atoms with E-state index in [9.17, 15) is 8.78 Å². The number of nitrogens with one attached hydrogen (secondary N) is 1. The normalized spacial score (nSPS) is 10.8. The molecule has 5 heteroatoms. The molecule has 0 bridgehead atoms. The first-order valence-electron chi connectivity index (χ1n) is 4.99. The summed E-state index contributed by atoms with van der Waals surface area (Å²) in [6, 6.07) is 4.43. The second-order valence-electron chi connectivity index (χ2n) is 3.55.